The van der Waals surface area contributed by atoms with Crippen LogP contribution in [-0.2, 0) is 14.3 Å². The molecule has 0 spiro atoms. The number of nitrogens with one attached hydrogen (secondary N) is 1. The predicted octanol–water partition coefficient (Wildman–Crippen LogP) is 2.32. The number of nitrogens with zero attached hydrogens (tertiary/aromatic N) is 3. The van der Waals surface area contributed by atoms with Crippen molar-refractivity contribution in [1.29, 1.82) is 0 Å². The number of aliphatic hydroxyl groups excluding tert-OH is 1. The summed E-state index contributed by atoms with van der Waals surface area (Å²) in [5.74, 6) is -1.78. The molecular weight excluding hydrogens is 509 g/mol. The fourth-order valence-corrected chi connectivity index (χ4v) is 4.27. The molecule has 2 heterocycles. The first-order valence-electron chi connectivity index (χ1n) is 13.0. The number of piperidine rings is 1. The molecule has 0 bridgehead atoms. The van der Waals surface area contributed by atoms with Crippen molar-refractivity contribution in [2.75, 3.05) is 26.2 Å². The first-order chi connectivity index (χ1) is 18.3. The van der Waals surface area contributed by atoms with Gasteiger partial charge in [-0.1, -0.05) is 6.07 Å². The molecule has 214 valence electrons. The first kappa shape index (κ1) is 29.8. The summed E-state index contributed by atoms with van der Waals surface area (Å²) >= 11 is 0. The van der Waals surface area contributed by atoms with E-state index in [9.17, 15) is 23.9 Å². The van der Waals surface area contributed by atoms with Crippen molar-refractivity contribution < 1.29 is 33.4 Å². The summed E-state index contributed by atoms with van der Waals surface area (Å²) in [4.78, 5) is 41.6. The number of ether oxygens (including phenoxy) is 2. The lowest BCUT2D eigenvalue weighted by Crippen LogP contribution is -2.58. The number of carbonyl (C=O) groups excluding carboxylic acids is 3. The Morgan fingerprint density at radius 1 is 1.18 bits per heavy atom. The van der Waals surface area contributed by atoms with Gasteiger partial charge in [-0.2, -0.15) is 0 Å². The van der Waals surface area contributed by atoms with Crippen LogP contribution in [0, 0.1) is 5.82 Å². The molecule has 0 saturated carbocycles. The van der Waals surface area contributed by atoms with Gasteiger partial charge in [0.05, 0.1) is 0 Å². The smallest absolute Gasteiger partial charge is 0.410 e. The molecule has 3 amide bonds. The molecule has 1 aromatic rings. The van der Waals surface area contributed by atoms with E-state index in [4.69, 9.17) is 15.2 Å². The molecule has 4 N–H and O–H groups in total. The number of likely N-dealkylation sites (tertiary alicyclic amines) is 1. The number of benzene rings is 1. The zero-order valence-electron chi connectivity index (χ0n) is 23.1. The predicted molar refractivity (Wildman–Crippen MR) is 142 cm³/mol. The Labute approximate surface area is 228 Å². The van der Waals surface area contributed by atoms with Crippen LogP contribution in [0.15, 0.2) is 35.8 Å². The number of hydrogen-bond donors (Lipinski definition) is 3. The number of halogens is 1. The van der Waals surface area contributed by atoms with Crippen molar-refractivity contribution in [3.05, 3.63) is 47.2 Å². The van der Waals surface area contributed by atoms with Crippen LogP contribution in [0.1, 0.15) is 53.0 Å². The third-order valence-corrected chi connectivity index (χ3v) is 6.30. The van der Waals surface area contributed by atoms with Crippen molar-refractivity contribution in [2.45, 2.75) is 65.5 Å². The van der Waals surface area contributed by atoms with Crippen LogP contribution >= 0.6 is 0 Å². The van der Waals surface area contributed by atoms with Gasteiger partial charge in [0, 0.05) is 45.1 Å². The maximum atomic E-state index is 14.7. The SMILES string of the molecule is CCN1C(=O)C(NC(=O)/C=C/c2ccc(OC3CCN(C(=O)OC(C)(C)C)CC3)c(F)c2)=C(N)N(CC)C1O. The van der Waals surface area contributed by atoms with Crippen molar-refractivity contribution in [1.82, 2.24) is 20.0 Å². The van der Waals surface area contributed by atoms with Crippen LogP contribution in [0.25, 0.3) is 6.08 Å². The maximum absolute atomic E-state index is 14.7. The average molecular weight is 548 g/mol. The van der Waals surface area contributed by atoms with Crippen molar-refractivity contribution in [2.24, 2.45) is 5.73 Å². The number of rotatable bonds is 7. The topological polar surface area (TPSA) is 138 Å². The molecule has 1 fully saturated rings. The molecule has 1 unspecified atom stereocenters. The number of nitrogens with two attached hydrogens (primary N) is 1. The minimum Gasteiger partial charge on any atom is -0.487 e. The van der Waals surface area contributed by atoms with Crippen LogP contribution in [0.5, 0.6) is 5.75 Å². The van der Waals surface area contributed by atoms with Crippen LogP contribution in [-0.4, -0.2) is 81.9 Å². The summed E-state index contributed by atoms with van der Waals surface area (Å²) in [6.07, 6.45) is 1.80. The highest BCUT2D eigenvalue weighted by Crippen LogP contribution is 2.25. The number of likely N-dealkylation sites (N-methyl/N-ethyl adjacent to an activating group) is 1. The Hall–Kier alpha value is -3.80. The number of carbonyl (C=O) groups is 3. The molecule has 3 rings (SSSR count). The van der Waals surface area contributed by atoms with Gasteiger partial charge in [-0.05, 0) is 58.4 Å². The molecule has 12 heteroatoms. The van der Waals surface area contributed by atoms with Gasteiger partial charge in [0.15, 0.2) is 11.6 Å². The number of aliphatic hydroxyl groups is 1. The Morgan fingerprint density at radius 3 is 2.38 bits per heavy atom. The molecule has 39 heavy (non-hydrogen) atoms. The molecule has 1 saturated heterocycles. The highest BCUT2D eigenvalue weighted by atomic mass is 19.1. The van der Waals surface area contributed by atoms with E-state index in [2.05, 4.69) is 5.32 Å². The van der Waals surface area contributed by atoms with E-state index < -0.39 is 29.6 Å². The molecule has 1 atom stereocenters. The van der Waals surface area contributed by atoms with E-state index in [1.807, 2.05) is 20.8 Å². The normalized spacial score (nSPS) is 19.1. The van der Waals surface area contributed by atoms with Crippen molar-refractivity contribution in [3.8, 4) is 5.75 Å². The lowest BCUT2D eigenvalue weighted by molar-refractivity contribution is -0.156. The van der Waals surface area contributed by atoms with E-state index in [1.54, 1.807) is 24.8 Å². The summed E-state index contributed by atoms with van der Waals surface area (Å²) < 4.78 is 26.0. The lowest BCUT2D eigenvalue weighted by atomic mass is 10.1. The Morgan fingerprint density at radius 2 is 1.82 bits per heavy atom. The van der Waals surface area contributed by atoms with Gasteiger partial charge in [-0.25, -0.2) is 9.18 Å². The van der Waals surface area contributed by atoms with Crippen LogP contribution < -0.4 is 15.8 Å². The van der Waals surface area contributed by atoms with E-state index in [1.165, 1.54) is 28.0 Å². The van der Waals surface area contributed by atoms with Gasteiger partial charge in [0.1, 0.15) is 23.2 Å². The second-order valence-electron chi connectivity index (χ2n) is 10.3. The number of amides is 3. The van der Waals surface area contributed by atoms with Gasteiger partial charge in [0.25, 0.3) is 5.91 Å². The monoisotopic (exact) mass is 547 g/mol. The molecular formula is C27H38FN5O6. The second kappa shape index (κ2) is 12.4. The summed E-state index contributed by atoms with van der Waals surface area (Å²) in [6, 6.07) is 4.33. The van der Waals surface area contributed by atoms with E-state index in [0.29, 0.717) is 38.0 Å². The summed E-state index contributed by atoms with van der Waals surface area (Å²) in [5.41, 5.74) is 5.72. The molecule has 0 aromatic heterocycles. The zero-order valence-corrected chi connectivity index (χ0v) is 23.1. The van der Waals surface area contributed by atoms with Gasteiger partial charge in [-0.3, -0.25) is 14.5 Å². The molecule has 2 aliphatic rings. The molecule has 11 nitrogen and oxygen atoms in total. The quantitative estimate of drug-likeness (QED) is 0.443. The van der Waals surface area contributed by atoms with Gasteiger partial charge < -0.3 is 35.4 Å². The largest absolute Gasteiger partial charge is 0.487 e. The fourth-order valence-electron chi connectivity index (χ4n) is 4.27. The Bertz CT molecular complexity index is 1140. The first-order valence-corrected chi connectivity index (χ1v) is 13.0. The summed E-state index contributed by atoms with van der Waals surface area (Å²) in [5, 5.41) is 12.8. The molecule has 0 aliphatic carbocycles. The second-order valence-corrected chi connectivity index (χ2v) is 10.3. The molecule has 2 aliphatic heterocycles. The van der Waals surface area contributed by atoms with Crippen LogP contribution in [0.2, 0.25) is 0 Å². The minimum atomic E-state index is -1.22. The van der Waals surface area contributed by atoms with Gasteiger partial charge in [-0.15, -0.1) is 0 Å². The van der Waals surface area contributed by atoms with Crippen LogP contribution in [0.4, 0.5) is 9.18 Å². The summed E-state index contributed by atoms with van der Waals surface area (Å²) in [7, 11) is 0. The van der Waals surface area contributed by atoms with Gasteiger partial charge >= 0.3 is 6.09 Å². The number of hydrogen-bond acceptors (Lipinski definition) is 8. The maximum Gasteiger partial charge on any atom is 0.410 e. The average Bonchev–Trinajstić information content (AvgIpc) is 2.87. The Balaban J connectivity index is 1.58. The van der Waals surface area contributed by atoms with E-state index >= 15 is 0 Å². The molecule has 0 radical (unpaired) electrons. The van der Waals surface area contributed by atoms with Gasteiger partial charge in [0.2, 0.25) is 12.3 Å². The minimum absolute atomic E-state index is 0.0362. The Kier molecular flexibility index (Phi) is 9.44. The summed E-state index contributed by atoms with van der Waals surface area (Å²) in [6.45, 7) is 10.3. The highest BCUT2D eigenvalue weighted by molar-refractivity contribution is 6.02. The van der Waals surface area contributed by atoms with E-state index in [0.717, 1.165) is 6.08 Å². The lowest BCUT2D eigenvalue weighted by Gasteiger charge is -2.41. The van der Waals surface area contributed by atoms with Crippen molar-refractivity contribution >= 4 is 24.0 Å². The zero-order chi connectivity index (χ0) is 28.9. The van der Waals surface area contributed by atoms with Crippen LogP contribution in [0.3, 0.4) is 0 Å². The third kappa shape index (κ3) is 7.41. The molecule has 1 aromatic carbocycles. The highest BCUT2D eigenvalue weighted by Gasteiger charge is 2.36. The fraction of sp³-hybridized carbons (Fsp3) is 0.519. The standard InChI is InChI=1S/C27H38FN5O6/c1-6-32-23(29)22(24(35)33(7-2)25(32)36)30-21(34)11-9-17-8-10-20(19(28)16-17)38-18-12-14-31(15-13-18)26(37)39-27(3,4)5/h8-11,16,18,25,36H,6-7,12-15,29H2,1-5H3,(H,30,34)/b11-9+. The van der Waals surface area contributed by atoms with E-state index in [-0.39, 0.29) is 36.0 Å². The van der Waals surface area contributed by atoms with Crippen molar-refractivity contribution in [3.63, 3.8) is 0 Å². The third-order valence-electron chi connectivity index (χ3n) is 6.30.